The van der Waals surface area contributed by atoms with Crippen molar-refractivity contribution in [3.05, 3.63) is 53.6 Å². The molecule has 0 bridgehead atoms. The van der Waals surface area contributed by atoms with Crippen LogP contribution in [0.25, 0.3) is 0 Å². The molecular weight excluding hydrogens is 471 g/mol. The molecule has 3 amide bonds. The Morgan fingerprint density at radius 1 is 1.12 bits per heavy atom. The zero-order valence-corrected chi connectivity index (χ0v) is 17.9. The summed E-state index contributed by atoms with van der Waals surface area (Å²) >= 11 is 0. The SMILES string of the molecule is O=C1CN(c2ccc(S(F)(F)(F)(F)F)cc2NC(=O)NC2c3ccccc3CC2O)CCN1. The standard InChI is InChI=1S/C20H21F5N4O3S/c21-33(22,23,24,25)13-5-6-16(29-8-7-26-18(31)11-29)15(10-13)27-20(32)28-19-14-4-2-1-3-12(14)9-17(19)30/h1-6,10,17,19,30H,7-9,11H2,(H,26,31)(H2,27,28,32). The van der Waals surface area contributed by atoms with Crippen LogP contribution in [0.2, 0.25) is 0 Å². The molecule has 7 nitrogen and oxygen atoms in total. The Morgan fingerprint density at radius 2 is 1.85 bits per heavy atom. The molecule has 1 saturated heterocycles. The Bertz CT molecular complexity index is 1130. The van der Waals surface area contributed by atoms with Gasteiger partial charge in [-0.3, -0.25) is 4.79 Å². The highest BCUT2D eigenvalue weighted by atomic mass is 32.5. The van der Waals surface area contributed by atoms with E-state index in [0.29, 0.717) is 5.56 Å². The van der Waals surface area contributed by atoms with Gasteiger partial charge in [-0.05, 0) is 29.3 Å². The topological polar surface area (TPSA) is 93.7 Å². The number of carbonyl (C=O) groups is 2. The first kappa shape index (κ1) is 23.1. The number of aliphatic hydroxyl groups is 1. The molecule has 1 aliphatic carbocycles. The largest absolute Gasteiger partial charge is 0.390 e. The van der Waals surface area contributed by atoms with E-state index in [9.17, 15) is 34.1 Å². The molecule has 0 spiro atoms. The second-order valence-electron chi connectivity index (χ2n) is 7.97. The Morgan fingerprint density at radius 3 is 2.55 bits per heavy atom. The van der Waals surface area contributed by atoms with Gasteiger partial charge >= 0.3 is 16.3 Å². The zero-order valence-electron chi connectivity index (χ0n) is 17.0. The van der Waals surface area contributed by atoms with E-state index in [-0.39, 0.29) is 43.9 Å². The molecule has 2 aliphatic rings. The summed E-state index contributed by atoms with van der Waals surface area (Å²) in [6, 6.07) is 6.34. The molecule has 2 aromatic rings. The first-order valence-corrected chi connectivity index (χ1v) is 11.9. The van der Waals surface area contributed by atoms with Crippen molar-refractivity contribution < 1.29 is 34.1 Å². The summed E-state index contributed by atoms with van der Waals surface area (Å²) < 4.78 is 67.0. The van der Waals surface area contributed by atoms with Gasteiger partial charge in [0, 0.05) is 19.5 Å². The maximum Gasteiger partial charge on any atom is 0.319 e. The third-order valence-electron chi connectivity index (χ3n) is 5.53. The van der Waals surface area contributed by atoms with Gasteiger partial charge in [-0.25, -0.2) is 4.79 Å². The monoisotopic (exact) mass is 492 g/mol. The van der Waals surface area contributed by atoms with E-state index < -0.39 is 44.9 Å². The predicted octanol–water partition coefficient (Wildman–Crippen LogP) is 4.06. The smallest absolute Gasteiger partial charge is 0.319 e. The molecule has 13 heteroatoms. The Balaban J connectivity index is 1.64. The fourth-order valence-electron chi connectivity index (χ4n) is 4.02. The van der Waals surface area contributed by atoms with E-state index in [1.54, 1.807) is 24.3 Å². The quantitative estimate of drug-likeness (QED) is 0.485. The second kappa shape index (κ2) is 7.22. The number of benzene rings is 2. The summed E-state index contributed by atoms with van der Waals surface area (Å²) in [5.41, 5.74) is 0.902. The maximum atomic E-state index is 13.4. The molecule has 1 fully saturated rings. The van der Waals surface area contributed by atoms with Gasteiger partial charge in [0.15, 0.2) is 0 Å². The Hall–Kier alpha value is -3.06. The first-order chi connectivity index (χ1) is 15.2. The van der Waals surface area contributed by atoms with Crippen molar-refractivity contribution in [2.45, 2.75) is 23.5 Å². The van der Waals surface area contributed by atoms with Crippen molar-refractivity contribution >= 4 is 33.5 Å². The van der Waals surface area contributed by atoms with Crippen LogP contribution in [0.5, 0.6) is 0 Å². The van der Waals surface area contributed by atoms with Gasteiger partial charge in [0.25, 0.3) is 0 Å². The molecule has 180 valence electrons. The number of hydrogen-bond donors (Lipinski definition) is 4. The third-order valence-corrected chi connectivity index (χ3v) is 6.68. The molecule has 2 unspecified atom stereocenters. The summed E-state index contributed by atoms with van der Waals surface area (Å²) in [7, 11) is -10.0. The third kappa shape index (κ3) is 4.98. The van der Waals surface area contributed by atoms with Crippen LogP contribution in [0.15, 0.2) is 47.4 Å². The predicted molar refractivity (Wildman–Crippen MR) is 114 cm³/mol. The number of carbonyl (C=O) groups excluding carboxylic acids is 2. The maximum absolute atomic E-state index is 13.4. The van der Waals surface area contributed by atoms with Gasteiger partial charge < -0.3 is 26.0 Å². The van der Waals surface area contributed by atoms with E-state index in [2.05, 4.69) is 16.0 Å². The fourth-order valence-corrected chi connectivity index (χ4v) is 4.69. The Kier molecular flexibility index (Phi) is 5.06. The lowest BCUT2D eigenvalue weighted by Gasteiger charge is -2.41. The van der Waals surface area contributed by atoms with Crippen molar-refractivity contribution in [2.75, 3.05) is 29.9 Å². The molecular formula is C20H21F5N4O3S. The minimum Gasteiger partial charge on any atom is -0.390 e. The highest BCUT2D eigenvalue weighted by Gasteiger charge is 2.65. The van der Waals surface area contributed by atoms with Crippen LogP contribution >= 0.6 is 10.2 Å². The van der Waals surface area contributed by atoms with Crippen LogP contribution < -0.4 is 20.9 Å². The lowest BCUT2D eigenvalue weighted by atomic mass is 10.1. The molecule has 0 saturated carbocycles. The van der Waals surface area contributed by atoms with Crippen LogP contribution in [0, 0.1) is 0 Å². The average Bonchev–Trinajstić information content (AvgIpc) is 3.01. The number of urea groups is 1. The number of halogens is 5. The van der Waals surface area contributed by atoms with Gasteiger partial charge in [-0.15, -0.1) is 0 Å². The highest BCUT2D eigenvalue weighted by molar-refractivity contribution is 8.45. The van der Waals surface area contributed by atoms with Crippen LogP contribution in [-0.4, -0.2) is 42.8 Å². The molecule has 4 rings (SSSR count). The van der Waals surface area contributed by atoms with Crippen LogP contribution in [0.1, 0.15) is 17.2 Å². The van der Waals surface area contributed by atoms with Gasteiger partial charge in [0.2, 0.25) is 5.91 Å². The second-order valence-corrected chi connectivity index (χ2v) is 10.4. The van der Waals surface area contributed by atoms with Crippen molar-refractivity contribution in [1.29, 1.82) is 0 Å². The number of nitrogens with zero attached hydrogens (tertiary/aromatic N) is 1. The minimum absolute atomic E-state index is 0.0158. The molecule has 2 aromatic carbocycles. The average molecular weight is 492 g/mol. The van der Waals surface area contributed by atoms with E-state index in [1.165, 1.54) is 4.90 Å². The number of piperazine rings is 1. The summed E-state index contributed by atoms with van der Waals surface area (Å²) in [5, 5.41) is 17.5. The molecule has 33 heavy (non-hydrogen) atoms. The van der Waals surface area contributed by atoms with Crippen LogP contribution in [0.3, 0.4) is 0 Å². The number of amides is 3. The number of aliphatic hydroxyl groups excluding tert-OH is 1. The van der Waals surface area contributed by atoms with Crippen LogP contribution in [-0.2, 0) is 11.2 Å². The van der Waals surface area contributed by atoms with E-state index in [1.807, 2.05) is 0 Å². The molecule has 4 N–H and O–H groups in total. The number of anilines is 2. The minimum atomic E-state index is -10.0. The van der Waals surface area contributed by atoms with E-state index >= 15 is 0 Å². The summed E-state index contributed by atoms with van der Waals surface area (Å²) in [4.78, 5) is 23.6. The zero-order chi connectivity index (χ0) is 24.1. The lowest BCUT2D eigenvalue weighted by molar-refractivity contribution is -0.120. The number of fused-ring (bicyclic) bond motifs is 1. The lowest BCUT2D eigenvalue weighted by Crippen LogP contribution is -2.48. The molecule has 0 aromatic heterocycles. The van der Waals surface area contributed by atoms with Crippen molar-refractivity contribution in [3.8, 4) is 0 Å². The van der Waals surface area contributed by atoms with Gasteiger partial charge in [-0.1, -0.05) is 43.7 Å². The number of rotatable bonds is 4. The number of hydrogen-bond acceptors (Lipinski definition) is 4. The fraction of sp³-hybridized carbons (Fsp3) is 0.300. The first-order valence-electron chi connectivity index (χ1n) is 9.94. The van der Waals surface area contributed by atoms with E-state index in [4.69, 9.17) is 0 Å². The molecule has 0 radical (unpaired) electrons. The van der Waals surface area contributed by atoms with Crippen molar-refractivity contribution in [3.63, 3.8) is 0 Å². The van der Waals surface area contributed by atoms with Crippen molar-refractivity contribution in [1.82, 2.24) is 10.6 Å². The summed E-state index contributed by atoms with van der Waals surface area (Å²) in [6.07, 6.45) is -0.691. The summed E-state index contributed by atoms with van der Waals surface area (Å²) in [5.74, 6) is -0.404. The van der Waals surface area contributed by atoms with E-state index in [0.717, 1.165) is 11.6 Å². The van der Waals surface area contributed by atoms with Gasteiger partial charge in [-0.2, -0.15) is 0 Å². The number of nitrogens with one attached hydrogen (secondary N) is 3. The molecule has 2 atom stereocenters. The van der Waals surface area contributed by atoms with Gasteiger partial charge in [0.1, 0.15) is 4.90 Å². The molecule has 1 heterocycles. The van der Waals surface area contributed by atoms with Crippen LogP contribution in [0.4, 0.5) is 35.6 Å². The van der Waals surface area contributed by atoms with Crippen molar-refractivity contribution in [2.24, 2.45) is 0 Å². The molecule has 1 aliphatic heterocycles. The van der Waals surface area contributed by atoms with Gasteiger partial charge in [0.05, 0.1) is 30.1 Å². The Labute approximate surface area is 185 Å². The highest BCUT2D eigenvalue weighted by Crippen LogP contribution is 3.02. The summed E-state index contributed by atoms with van der Waals surface area (Å²) in [6.45, 7) is 0.173. The normalized spacial score (nSPS) is 22.6.